The lowest BCUT2D eigenvalue weighted by Gasteiger charge is -2.39. The number of benzene rings is 1. The van der Waals surface area contributed by atoms with Crippen molar-refractivity contribution in [1.82, 2.24) is 4.57 Å². The number of fused-ring (bicyclic) bond motifs is 1. The maximum atomic E-state index is 10.1. The number of para-hydroxylation sites is 1. The molecular weight excluding hydrogens is 290 g/mol. The molecule has 0 saturated carbocycles. The molecule has 1 aliphatic heterocycles. The molecule has 3 rings (SSSR count). The standard InChI is InChI=1S/C15H19NO6/c1-16-9-5-3-2-4-8(9)6-11(16)22-14-13(19)12(18)10(7-17)21-15(14)20/h2-6,10,12-15,17-20H,7H2,1H3/t10-,12+,13+,14-,15-/m1/s1. The molecule has 0 bridgehead atoms. The molecule has 1 saturated heterocycles. The van der Waals surface area contributed by atoms with Gasteiger partial charge in [0.2, 0.25) is 0 Å². The third kappa shape index (κ3) is 2.47. The van der Waals surface area contributed by atoms with Crippen LogP contribution in [0.25, 0.3) is 10.9 Å². The lowest BCUT2D eigenvalue weighted by Crippen LogP contribution is -2.60. The third-order valence-electron chi connectivity index (χ3n) is 4.01. The number of hydrogen-bond donors (Lipinski definition) is 4. The van der Waals surface area contributed by atoms with Crippen LogP contribution in [0.2, 0.25) is 0 Å². The summed E-state index contributed by atoms with van der Waals surface area (Å²) in [6.45, 7) is -0.504. The minimum Gasteiger partial charge on any atom is -0.467 e. The topological polar surface area (TPSA) is 104 Å². The molecule has 2 heterocycles. The van der Waals surface area contributed by atoms with Crippen LogP contribution in [0.15, 0.2) is 30.3 Å². The van der Waals surface area contributed by atoms with Gasteiger partial charge in [-0.3, -0.25) is 0 Å². The molecule has 1 fully saturated rings. The van der Waals surface area contributed by atoms with Gasteiger partial charge in [-0.2, -0.15) is 0 Å². The van der Waals surface area contributed by atoms with Crippen LogP contribution in [-0.4, -0.2) is 62.3 Å². The maximum absolute atomic E-state index is 10.1. The summed E-state index contributed by atoms with van der Waals surface area (Å²) in [4.78, 5) is 0. The van der Waals surface area contributed by atoms with Gasteiger partial charge in [0.05, 0.1) is 12.1 Å². The third-order valence-corrected chi connectivity index (χ3v) is 4.01. The van der Waals surface area contributed by atoms with Gasteiger partial charge in [0.15, 0.2) is 18.3 Å². The Bertz CT molecular complexity index is 657. The predicted molar refractivity (Wildman–Crippen MR) is 77.3 cm³/mol. The van der Waals surface area contributed by atoms with E-state index in [4.69, 9.17) is 14.6 Å². The van der Waals surface area contributed by atoms with E-state index >= 15 is 0 Å². The number of rotatable bonds is 3. The van der Waals surface area contributed by atoms with Crippen LogP contribution < -0.4 is 4.74 Å². The van der Waals surface area contributed by atoms with E-state index in [2.05, 4.69) is 0 Å². The van der Waals surface area contributed by atoms with E-state index in [0.29, 0.717) is 5.88 Å². The Balaban J connectivity index is 1.86. The molecular formula is C15H19NO6. The van der Waals surface area contributed by atoms with Crippen molar-refractivity contribution in [2.45, 2.75) is 30.7 Å². The van der Waals surface area contributed by atoms with E-state index < -0.39 is 37.3 Å². The van der Waals surface area contributed by atoms with Crippen molar-refractivity contribution in [3.05, 3.63) is 30.3 Å². The summed E-state index contributed by atoms with van der Waals surface area (Å²) in [5.74, 6) is 0.433. The Morgan fingerprint density at radius 3 is 2.59 bits per heavy atom. The van der Waals surface area contributed by atoms with E-state index in [-0.39, 0.29) is 0 Å². The molecule has 22 heavy (non-hydrogen) atoms. The van der Waals surface area contributed by atoms with Crippen LogP contribution in [0.5, 0.6) is 5.88 Å². The van der Waals surface area contributed by atoms with Gasteiger partial charge in [0, 0.05) is 18.5 Å². The molecule has 1 aromatic heterocycles. The van der Waals surface area contributed by atoms with Crippen molar-refractivity contribution in [2.24, 2.45) is 7.05 Å². The van der Waals surface area contributed by atoms with E-state index in [0.717, 1.165) is 10.9 Å². The van der Waals surface area contributed by atoms with Crippen LogP contribution in [0.1, 0.15) is 0 Å². The fraction of sp³-hybridized carbons (Fsp3) is 0.467. The number of aliphatic hydroxyl groups is 4. The number of aliphatic hydroxyl groups excluding tert-OH is 4. The molecule has 120 valence electrons. The molecule has 0 radical (unpaired) electrons. The van der Waals surface area contributed by atoms with Crippen molar-refractivity contribution in [3.63, 3.8) is 0 Å². The molecule has 7 heteroatoms. The fourth-order valence-electron chi connectivity index (χ4n) is 2.72. The van der Waals surface area contributed by atoms with Crippen molar-refractivity contribution >= 4 is 10.9 Å². The first-order valence-electron chi connectivity index (χ1n) is 7.04. The first-order chi connectivity index (χ1) is 10.5. The zero-order valence-electron chi connectivity index (χ0n) is 12.0. The Morgan fingerprint density at radius 1 is 1.18 bits per heavy atom. The Hall–Kier alpha value is -1.64. The highest BCUT2D eigenvalue weighted by Gasteiger charge is 2.45. The minimum absolute atomic E-state index is 0.433. The van der Waals surface area contributed by atoms with Gasteiger partial charge in [-0.1, -0.05) is 18.2 Å². The number of aryl methyl sites for hydroxylation is 1. The summed E-state index contributed by atoms with van der Waals surface area (Å²) in [7, 11) is 1.80. The first kappa shape index (κ1) is 15.3. The van der Waals surface area contributed by atoms with Gasteiger partial charge in [-0.15, -0.1) is 0 Å². The van der Waals surface area contributed by atoms with Crippen LogP contribution in [0, 0.1) is 0 Å². The molecule has 0 amide bonds. The SMILES string of the molecule is Cn1c(O[C@@H]2[C@@H](O)[C@@H](O)[C@@H](CO)O[C@H]2O)cc2ccccc21. The van der Waals surface area contributed by atoms with Crippen molar-refractivity contribution in [3.8, 4) is 5.88 Å². The predicted octanol–water partition coefficient (Wildman–Crippen LogP) is -0.643. The highest BCUT2D eigenvalue weighted by molar-refractivity contribution is 5.82. The van der Waals surface area contributed by atoms with E-state index in [1.807, 2.05) is 24.3 Å². The smallest absolute Gasteiger partial charge is 0.195 e. The summed E-state index contributed by atoms with van der Waals surface area (Å²) in [6, 6.07) is 9.41. The van der Waals surface area contributed by atoms with Gasteiger partial charge in [-0.05, 0) is 6.07 Å². The number of hydrogen-bond acceptors (Lipinski definition) is 6. The second kappa shape index (κ2) is 5.86. The van der Waals surface area contributed by atoms with Gasteiger partial charge in [-0.25, -0.2) is 0 Å². The van der Waals surface area contributed by atoms with Crippen molar-refractivity contribution in [2.75, 3.05) is 6.61 Å². The van der Waals surface area contributed by atoms with Crippen molar-refractivity contribution < 1.29 is 29.9 Å². The highest BCUT2D eigenvalue weighted by Crippen LogP contribution is 2.28. The van der Waals surface area contributed by atoms with E-state index in [1.165, 1.54) is 0 Å². The van der Waals surface area contributed by atoms with E-state index in [1.54, 1.807) is 17.7 Å². The van der Waals surface area contributed by atoms with Gasteiger partial charge >= 0.3 is 0 Å². The second-order valence-corrected chi connectivity index (χ2v) is 5.41. The second-order valence-electron chi connectivity index (χ2n) is 5.41. The fourth-order valence-corrected chi connectivity index (χ4v) is 2.72. The van der Waals surface area contributed by atoms with Crippen LogP contribution in [0.3, 0.4) is 0 Å². The largest absolute Gasteiger partial charge is 0.467 e. The number of aromatic nitrogens is 1. The van der Waals surface area contributed by atoms with Gasteiger partial charge < -0.3 is 34.5 Å². The van der Waals surface area contributed by atoms with Gasteiger partial charge in [0.1, 0.15) is 18.3 Å². The Kier molecular flexibility index (Phi) is 4.07. The summed E-state index contributed by atoms with van der Waals surface area (Å²) in [5, 5.41) is 39.9. The van der Waals surface area contributed by atoms with Crippen molar-refractivity contribution in [1.29, 1.82) is 0 Å². The normalized spacial score (nSPS) is 32.3. The average Bonchev–Trinajstić information content (AvgIpc) is 2.84. The summed E-state index contributed by atoms with van der Waals surface area (Å²) < 4.78 is 12.5. The molecule has 5 atom stereocenters. The Labute approximate surface area is 126 Å². The zero-order chi connectivity index (χ0) is 15.9. The lowest BCUT2D eigenvalue weighted by molar-refractivity contribution is -0.281. The monoisotopic (exact) mass is 309 g/mol. The molecule has 0 spiro atoms. The molecule has 0 aliphatic carbocycles. The summed E-state index contributed by atoms with van der Waals surface area (Å²) in [6.07, 6.45) is -6.36. The van der Waals surface area contributed by atoms with E-state index in [9.17, 15) is 15.3 Å². The molecule has 4 N–H and O–H groups in total. The Morgan fingerprint density at radius 2 is 1.91 bits per heavy atom. The zero-order valence-corrected chi connectivity index (χ0v) is 12.0. The first-order valence-corrected chi connectivity index (χ1v) is 7.04. The molecule has 0 unspecified atom stereocenters. The average molecular weight is 309 g/mol. The van der Waals surface area contributed by atoms with Crippen LogP contribution in [-0.2, 0) is 11.8 Å². The summed E-state index contributed by atoms with van der Waals surface area (Å²) >= 11 is 0. The molecule has 1 aromatic carbocycles. The summed E-state index contributed by atoms with van der Waals surface area (Å²) in [5.41, 5.74) is 0.937. The molecule has 2 aromatic rings. The van der Waals surface area contributed by atoms with Gasteiger partial charge in [0.25, 0.3) is 0 Å². The number of ether oxygens (including phenoxy) is 2. The van der Waals surface area contributed by atoms with Crippen LogP contribution in [0.4, 0.5) is 0 Å². The number of nitrogens with zero attached hydrogens (tertiary/aromatic N) is 1. The minimum atomic E-state index is -1.45. The van der Waals surface area contributed by atoms with Crippen LogP contribution >= 0.6 is 0 Å². The lowest BCUT2D eigenvalue weighted by atomic mass is 9.99. The maximum Gasteiger partial charge on any atom is 0.195 e. The highest BCUT2D eigenvalue weighted by atomic mass is 16.7. The quantitative estimate of drug-likeness (QED) is 0.601. The molecule has 1 aliphatic rings. The molecule has 7 nitrogen and oxygen atoms in total.